The summed E-state index contributed by atoms with van der Waals surface area (Å²) in [5.41, 5.74) is 1.28. The van der Waals surface area contributed by atoms with Crippen LogP contribution in [0.15, 0.2) is 9.98 Å². The molecule has 0 radical (unpaired) electrons. The Kier molecular flexibility index (Phi) is 0.938. The zero-order valence-electron chi connectivity index (χ0n) is 6.31. The smallest absolute Gasteiger partial charge is 0.232 e. The van der Waals surface area contributed by atoms with E-state index in [1.54, 1.807) is 0 Å². The number of hydrogen-bond donors (Lipinski definition) is 1. The topological polar surface area (TPSA) is 36.8 Å². The molecule has 1 N–H and O–H groups in total. The Morgan fingerprint density at radius 1 is 1.60 bits per heavy atom. The van der Waals surface area contributed by atoms with Crippen LogP contribution in [0.4, 0.5) is 0 Å². The molecule has 1 unspecified atom stereocenters. The Bertz CT molecular complexity index is 229. The van der Waals surface area contributed by atoms with Crippen molar-refractivity contribution < 1.29 is 0 Å². The van der Waals surface area contributed by atoms with E-state index >= 15 is 0 Å². The molecule has 1 atom stereocenters. The molecule has 0 fully saturated rings. The lowest BCUT2D eigenvalue weighted by Gasteiger charge is -2.42. The highest BCUT2D eigenvalue weighted by Gasteiger charge is 2.43. The van der Waals surface area contributed by atoms with E-state index in [4.69, 9.17) is 0 Å². The second kappa shape index (κ2) is 1.59. The lowest BCUT2D eigenvalue weighted by molar-refractivity contribution is 0.344. The van der Waals surface area contributed by atoms with Gasteiger partial charge in [-0.1, -0.05) is 6.92 Å². The van der Waals surface area contributed by atoms with E-state index < -0.39 is 0 Å². The summed E-state index contributed by atoms with van der Waals surface area (Å²) < 4.78 is 0. The molecule has 54 valence electrons. The van der Waals surface area contributed by atoms with Crippen molar-refractivity contribution in [3.8, 4) is 0 Å². The van der Waals surface area contributed by atoms with Crippen molar-refractivity contribution in [2.45, 2.75) is 32.5 Å². The highest BCUT2D eigenvalue weighted by molar-refractivity contribution is 5.96. The van der Waals surface area contributed by atoms with Gasteiger partial charge in [0, 0.05) is 5.71 Å². The van der Waals surface area contributed by atoms with Gasteiger partial charge in [0.1, 0.15) is 5.84 Å². The summed E-state index contributed by atoms with van der Waals surface area (Å²) in [4.78, 5) is 8.62. The fourth-order valence-corrected chi connectivity index (χ4v) is 1.44. The second-order valence-electron chi connectivity index (χ2n) is 2.85. The third kappa shape index (κ3) is 0.602. The van der Waals surface area contributed by atoms with E-state index in [9.17, 15) is 0 Å². The molecule has 0 aromatic heterocycles. The van der Waals surface area contributed by atoms with Crippen LogP contribution in [0.3, 0.4) is 0 Å². The summed E-state index contributed by atoms with van der Waals surface area (Å²) >= 11 is 0. The Hall–Kier alpha value is -0.860. The molecule has 2 aliphatic rings. The van der Waals surface area contributed by atoms with Crippen LogP contribution >= 0.6 is 0 Å². The third-order valence-electron chi connectivity index (χ3n) is 1.94. The van der Waals surface area contributed by atoms with Crippen LogP contribution in [0.1, 0.15) is 26.7 Å². The van der Waals surface area contributed by atoms with Crippen molar-refractivity contribution in [3.63, 3.8) is 0 Å². The molecule has 0 aliphatic carbocycles. The summed E-state index contributed by atoms with van der Waals surface area (Å²) in [5.74, 6) is 0.828. The van der Waals surface area contributed by atoms with Gasteiger partial charge in [-0.2, -0.15) is 0 Å². The first-order chi connectivity index (χ1) is 4.74. The van der Waals surface area contributed by atoms with Gasteiger partial charge in [-0.15, -0.1) is 0 Å². The molecule has 2 heterocycles. The van der Waals surface area contributed by atoms with Crippen molar-refractivity contribution >= 4 is 11.5 Å². The van der Waals surface area contributed by atoms with Crippen molar-refractivity contribution in [1.82, 2.24) is 5.32 Å². The van der Waals surface area contributed by atoms with Crippen molar-refractivity contribution in [2.75, 3.05) is 0 Å². The van der Waals surface area contributed by atoms with Crippen LogP contribution in [0.25, 0.3) is 0 Å². The van der Waals surface area contributed by atoms with Gasteiger partial charge < -0.3 is 5.32 Å². The fraction of sp³-hybridized carbons (Fsp3) is 0.714. The van der Waals surface area contributed by atoms with Gasteiger partial charge in [0.15, 0.2) is 0 Å². The molecule has 0 aromatic carbocycles. The summed E-state index contributed by atoms with van der Waals surface area (Å²) in [6.45, 7) is 4.09. The summed E-state index contributed by atoms with van der Waals surface area (Å²) in [7, 11) is 0. The molecule has 2 rings (SSSR count). The van der Waals surface area contributed by atoms with Crippen molar-refractivity contribution in [2.24, 2.45) is 9.98 Å². The van der Waals surface area contributed by atoms with Crippen LogP contribution in [0.2, 0.25) is 0 Å². The Labute approximate surface area is 60.3 Å². The zero-order valence-corrected chi connectivity index (χ0v) is 6.31. The monoisotopic (exact) mass is 137 g/mol. The molecule has 3 nitrogen and oxygen atoms in total. The Balaban J connectivity index is 2.09. The van der Waals surface area contributed by atoms with Gasteiger partial charge in [-0.25, -0.2) is 9.98 Å². The number of amidine groups is 1. The summed E-state index contributed by atoms with van der Waals surface area (Å²) in [6, 6.07) is 0. The predicted octanol–water partition coefficient (Wildman–Crippen LogP) is 0.917. The van der Waals surface area contributed by atoms with Crippen LogP contribution < -0.4 is 5.32 Å². The molecule has 0 amide bonds. The maximum Gasteiger partial charge on any atom is 0.232 e. The van der Waals surface area contributed by atoms with E-state index in [1.165, 1.54) is 5.71 Å². The zero-order chi connectivity index (χ0) is 7.19. The normalized spacial score (nSPS) is 35.4. The first-order valence-electron chi connectivity index (χ1n) is 3.66. The molecule has 3 heteroatoms. The summed E-state index contributed by atoms with van der Waals surface area (Å²) in [6.07, 6.45) is 2.08. The molecular formula is C7H11N3. The van der Waals surface area contributed by atoms with Gasteiger partial charge in [-0.3, -0.25) is 0 Å². The average Bonchev–Trinajstić information content (AvgIpc) is 1.74. The van der Waals surface area contributed by atoms with Crippen molar-refractivity contribution in [3.05, 3.63) is 0 Å². The molecular weight excluding hydrogens is 126 g/mol. The van der Waals surface area contributed by atoms with Gasteiger partial charge in [-0.05, 0) is 13.3 Å². The SMILES string of the molecule is CCC1=NC2(C1)N=C(C)N2. The van der Waals surface area contributed by atoms with Gasteiger partial charge >= 0.3 is 0 Å². The van der Waals surface area contributed by atoms with Gasteiger partial charge in [0.05, 0.1) is 6.42 Å². The Morgan fingerprint density at radius 2 is 2.20 bits per heavy atom. The van der Waals surface area contributed by atoms with Gasteiger partial charge in [0.2, 0.25) is 5.79 Å². The maximum atomic E-state index is 4.35. The molecule has 1 spiro atoms. The van der Waals surface area contributed by atoms with Crippen LogP contribution in [0, 0.1) is 0 Å². The molecule has 0 bridgehead atoms. The highest BCUT2D eigenvalue weighted by Crippen LogP contribution is 2.31. The minimum absolute atomic E-state index is 0.185. The quantitative estimate of drug-likeness (QED) is 0.573. The second-order valence-corrected chi connectivity index (χ2v) is 2.85. The maximum absolute atomic E-state index is 4.35. The average molecular weight is 137 g/mol. The van der Waals surface area contributed by atoms with Crippen LogP contribution in [-0.2, 0) is 0 Å². The van der Waals surface area contributed by atoms with E-state index in [2.05, 4.69) is 22.2 Å². The lowest BCUT2D eigenvalue weighted by Crippen LogP contribution is -2.60. The minimum Gasteiger partial charge on any atom is -0.331 e. The number of nitrogens with zero attached hydrogens (tertiary/aromatic N) is 2. The number of hydrogen-bond acceptors (Lipinski definition) is 3. The van der Waals surface area contributed by atoms with E-state index in [1.807, 2.05) is 6.92 Å². The van der Waals surface area contributed by atoms with Gasteiger partial charge in [0.25, 0.3) is 0 Å². The first kappa shape index (κ1) is 5.89. The Morgan fingerprint density at radius 3 is 2.60 bits per heavy atom. The first-order valence-corrected chi connectivity index (χ1v) is 3.66. The highest BCUT2D eigenvalue weighted by atomic mass is 15.4. The third-order valence-corrected chi connectivity index (χ3v) is 1.94. The number of nitrogens with one attached hydrogen (secondary N) is 1. The standard InChI is InChI=1S/C7H11N3/c1-3-6-4-7(10-6)8-5(2)9-7/h3-4H2,1-2H3,(H,8,9). The molecule has 0 saturated heterocycles. The minimum atomic E-state index is -0.185. The fourth-order valence-electron chi connectivity index (χ4n) is 1.44. The largest absolute Gasteiger partial charge is 0.331 e. The lowest BCUT2D eigenvalue weighted by atomic mass is 10.00. The van der Waals surface area contributed by atoms with E-state index in [0.29, 0.717) is 0 Å². The number of rotatable bonds is 1. The van der Waals surface area contributed by atoms with Crippen LogP contribution in [0.5, 0.6) is 0 Å². The van der Waals surface area contributed by atoms with Crippen molar-refractivity contribution in [1.29, 1.82) is 0 Å². The molecule has 0 aromatic rings. The molecule has 0 saturated carbocycles. The summed E-state index contributed by atoms with van der Waals surface area (Å²) in [5, 5.41) is 3.18. The predicted molar refractivity (Wildman–Crippen MR) is 41.3 cm³/mol. The van der Waals surface area contributed by atoms with E-state index in [-0.39, 0.29) is 5.79 Å². The van der Waals surface area contributed by atoms with Crippen LogP contribution in [-0.4, -0.2) is 17.3 Å². The molecule has 10 heavy (non-hydrogen) atoms. The number of aliphatic imine (C=N–C) groups is 2. The van der Waals surface area contributed by atoms with E-state index in [0.717, 1.165) is 18.7 Å². The molecule has 2 aliphatic heterocycles.